The molecule has 39 heavy (non-hydrogen) atoms. The highest BCUT2D eigenvalue weighted by atomic mass is 35.5. The van der Waals surface area contributed by atoms with Gasteiger partial charge in [0.05, 0.1) is 18.0 Å². The fraction of sp³-hybridized carbons (Fsp3) is 0.567. The maximum atomic E-state index is 12.8. The Morgan fingerprint density at radius 1 is 0.974 bits per heavy atom. The molecule has 1 saturated heterocycles. The van der Waals surface area contributed by atoms with Crippen molar-refractivity contribution in [2.75, 3.05) is 50.8 Å². The molecule has 0 aromatic heterocycles. The molecule has 0 bridgehead atoms. The van der Waals surface area contributed by atoms with Crippen molar-refractivity contribution in [3.63, 3.8) is 0 Å². The van der Waals surface area contributed by atoms with E-state index in [1.807, 2.05) is 52.5 Å². The van der Waals surface area contributed by atoms with E-state index in [0.29, 0.717) is 26.1 Å². The van der Waals surface area contributed by atoms with Crippen molar-refractivity contribution < 1.29 is 14.3 Å². The van der Waals surface area contributed by atoms with Gasteiger partial charge in [-0.2, -0.15) is 0 Å². The van der Waals surface area contributed by atoms with Crippen LogP contribution in [-0.4, -0.2) is 72.3 Å². The minimum absolute atomic E-state index is 0.245. The van der Waals surface area contributed by atoms with Crippen LogP contribution in [0, 0.1) is 0 Å². The second-order valence-corrected chi connectivity index (χ2v) is 13.3. The highest BCUT2D eigenvalue weighted by molar-refractivity contribution is 7.99. The van der Waals surface area contributed by atoms with Gasteiger partial charge in [0.15, 0.2) is 0 Å². The van der Waals surface area contributed by atoms with E-state index in [9.17, 15) is 4.79 Å². The third-order valence-electron chi connectivity index (χ3n) is 6.60. The van der Waals surface area contributed by atoms with Crippen molar-refractivity contribution in [2.45, 2.75) is 74.7 Å². The van der Waals surface area contributed by atoms with Crippen LogP contribution in [0.4, 0.5) is 16.2 Å². The number of halogens is 1. The van der Waals surface area contributed by atoms with Gasteiger partial charge in [0.25, 0.3) is 0 Å². The van der Waals surface area contributed by atoms with Crippen LogP contribution < -0.4 is 4.90 Å². The van der Waals surface area contributed by atoms with E-state index in [2.05, 4.69) is 58.8 Å². The molecular formula is C30H44ClN3O3S2. The summed E-state index contributed by atoms with van der Waals surface area (Å²) in [5.74, 6) is 0. The number of hydrogen-bond donors (Lipinski definition) is 1. The number of nitrogens with zero attached hydrogens (tertiary/aromatic N) is 3. The molecule has 1 fully saturated rings. The zero-order valence-electron chi connectivity index (χ0n) is 24.2. The molecule has 2 aliphatic rings. The van der Waals surface area contributed by atoms with E-state index in [0.717, 1.165) is 37.6 Å². The predicted molar refractivity (Wildman–Crippen MR) is 167 cm³/mol. The first-order valence-electron chi connectivity index (χ1n) is 13.9. The summed E-state index contributed by atoms with van der Waals surface area (Å²) in [6.45, 7) is 17.1. The standard InChI is InChI=1S/C28H38ClN3O3S2.C2H6/c1-27(2,12-19-34-28(3,4)36)35-26(33)31-17-15-30(16-18-31)13-7-14-32-22-8-5-6-9-24(22)37-25-11-10-21(29)20-23(25)32;1-2/h5-6,8-11,20,36H,7,12-19H2,1-4H3;1-2H3. The summed E-state index contributed by atoms with van der Waals surface area (Å²) < 4.78 is 11.5. The molecule has 0 radical (unpaired) electrons. The van der Waals surface area contributed by atoms with E-state index < -0.39 is 10.5 Å². The van der Waals surface area contributed by atoms with Crippen molar-refractivity contribution in [1.29, 1.82) is 0 Å². The Bertz CT molecular complexity index is 1090. The lowest BCUT2D eigenvalue weighted by Crippen LogP contribution is -2.50. The van der Waals surface area contributed by atoms with Crippen molar-refractivity contribution in [3.05, 3.63) is 47.5 Å². The minimum Gasteiger partial charge on any atom is -0.443 e. The van der Waals surface area contributed by atoms with E-state index >= 15 is 0 Å². The number of thiol groups is 1. The highest BCUT2D eigenvalue weighted by Crippen LogP contribution is 2.48. The number of benzene rings is 2. The lowest BCUT2D eigenvalue weighted by molar-refractivity contribution is -0.0284. The molecule has 2 aromatic carbocycles. The normalized spacial score (nSPS) is 15.7. The Labute approximate surface area is 249 Å². The molecule has 0 aliphatic carbocycles. The number of para-hydroxylation sites is 1. The van der Waals surface area contributed by atoms with Gasteiger partial charge in [0.1, 0.15) is 10.5 Å². The summed E-state index contributed by atoms with van der Waals surface area (Å²) in [6.07, 6.45) is 1.39. The zero-order chi connectivity index (χ0) is 28.6. The fourth-order valence-electron chi connectivity index (χ4n) is 4.55. The Balaban J connectivity index is 0.00000205. The Morgan fingerprint density at radius 3 is 2.33 bits per heavy atom. The molecule has 9 heteroatoms. The second kappa shape index (κ2) is 14.4. The summed E-state index contributed by atoms with van der Waals surface area (Å²) in [5, 5.41) is 0.757. The Hall–Kier alpha value is -1.58. The Kier molecular flexibility index (Phi) is 11.8. The number of rotatable bonds is 9. The van der Waals surface area contributed by atoms with Gasteiger partial charge in [-0.25, -0.2) is 4.79 Å². The summed E-state index contributed by atoms with van der Waals surface area (Å²) >= 11 is 12.5. The number of carbonyl (C=O) groups is 1. The van der Waals surface area contributed by atoms with Crippen LogP contribution in [0.3, 0.4) is 0 Å². The third-order valence-corrected chi connectivity index (χ3v) is 8.09. The lowest BCUT2D eigenvalue weighted by atomic mass is 10.1. The molecule has 2 aliphatic heterocycles. The SMILES string of the molecule is CC.CC(C)(S)OCCC(C)(C)OC(=O)N1CCN(CCCN2c3ccccc3Sc3ccc(Cl)cc32)CC1. The van der Waals surface area contributed by atoms with E-state index in [1.54, 1.807) is 11.8 Å². The van der Waals surface area contributed by atoms with Gasteiger partial charge >= 0.3 is 6.09 Å². The average Bonchev–Trinajstić information content (AvgIpc) is 2.89. The van der Waals surface area contributed by atoms with E-state index in [1.165, 1.54) is 21.2 Å². The minimum atomic E-state index is -0.588. The number of hydrogen-bond acceptors (Lipinski definition) is 7. The lowest BCUT2D eigenvalue weighted by Gasteiger charge is -2.37. The molecule has 0 unspecified atom stereocenters. The molecule has 0 spiro atoms. The third kappa shape index (κ3) is 9.49. The quantitative estimate of drug-likeness (QED) is 0.235. The molecule has 0 atom stereocenters. The van der Waals surface area contributed by atoms with Crippen LogP contribution in [-0.2, 0) is 9.47 Å². The van der Waals surface area contributed by atoms with Crippen LogP contribution in [0.15, 0.2) is 52.3 Å². The van der Waals surface area contributed by atoms with Crippen LogP contribution in [0.2, 0.25) is 5.02 Å². The molecule has 0 saturated carbocycles. The maximum absolute atomic E-state index is 12.8. The fourth-order valence-corrected chi connectivity index (χ4v) is 5.88. The number of ether oxygens (including phenoxy) is 2. The molecule has 0 N–H and O–H groups in total. The summed E-state index contributed by atoms with van der Waals surface area (Å²) in [4.78, 5) is 21.4. The van der Waals surface area contributed by atoms with Crippen molar-refractivity contribution in [3.8, 4) is 0 Å². The van der Waals surface area contributed by atoms with Crippen LogP contribution in [0.5, 0.6) is 0 Å². The summed E-state index contributed by atoms with van der Waals surface area (Å²) in [6, 6.07) is 14.7. The molecular weight excluding hydrogens is 550 g/mol. The van der Waals surface area contributed by atoms with Gasteiger partial charge in [-0.15, -0.1) is 12.6 Å². The maximum Gasteiger partial charge on any atom is 0.410 e. The van der Waals surface area contributed by atoms with Gasteiger partial charge in [0.2, 0.25) is 0 Å². The van der Waals surface area contributed by atoms with Crippen molar-refractivity contribution in [2.24, 2.45) is 0 Å². The van der Waals surface area contributed by atoms with E-state index in [4.69, 9.17) is 21.1 Å². The predicted octanol–water partition coefficient (Wildman–Crippen LogP) is 7.96. The zero-order valence-corrected chi connectivity index (χ0v) is 26.7. The molecule has 1 amide bonds. The van der Waals surface area contributed by atoms with Gasteiger partial charge in [-0.3, -0.25) is 4.90 Å². The van der Waals surface area contributed by atoms with Crippen molar-refractivity contribution in [1.82, 2.24) is 9.80 Å². The largest absolute Gasteiger partial charge is 0.443 e. The monoisotopic (exact) mass is 593 g/mol. The van der Waals surface area contributed by atoms with Crippen molar-refractivity contribution >= 4 is 53.5 Å². The highest BCUT2D eigenvalue weighted by Gasteiger charge is 2.29. The second-order valence-electron chi connectivity index (χ2n) is 10.7. The van der Waals surface area contributed by atoms with E-state index in [-0.39, 0.29) is 6.09 Å². The topological polar surface area (TPSA) is 45.3 Å². The van der Waals surface area contributed by atoms with Crippen LogP contribution in [0.1, 0.15) is 54.4 Å². The number of amides is 1. The van der Waals surface area contributed by atoms with Gasteiger partial charge < -0.3 is 19.3 Å². The van der Waals surface area contributed by atoms with Gasteiger partial charge in [-0.05, 0) is 71.0 Å². The number of piperazine rings is 1. The molecule has 6 nitrogen and oxygen atoms in total. The first-order valence-corrected chi connectivity index (χ1v) is 15.6. The Morgan fingerprint density at radius 2 is 1.64 bits per heavy atom. The number of fused-ring (bicyclic) bond motifs is 2. The van der Waals surface area contributed by atoms with Crippen LogP contribution in [0.25, 0.3) is 0 Å². The van der Waals surface area contributed by atoms with Gasteiger partial charge in [0, 0.05) is 54.0 Å². The van der Waals surface area contributed by atoms with Crippen LogP contribution >= 0.6 is 36.0 Å². The molecule has 4 rings (SSSR count). The number of carbonyl (C=O) groups excluding carboxylic acids is 1. The smallest absolute Gasteiger partial charge is 0.410 e. The first-order chi connectivity index (χ1) is 18.5. The summed E-state index contributed by atoms with van der Waals surface area (Å²) in [7, 11) is 0. The average molecular weight is 594 g/mol. The molecule has 2 heterocycles. The number of anilines is 2. The molecule has 216 valence electrons. The molecule has 2 aromatic rings. The van der Waals surface area contributed by atoms with Gasteiger partial charge in [-0.1, -0.05) is 49.3 Å². The summed E-state index contributed by atoms with van der Waals surface area (Å²) in [5.41, 5.74) is 1.82. The first kappa shape index (κ1) is 31.9.